The van der Waals surface area contributed by atoms with E-state index in [1.54, 1.807) is 18.2 Å². The van der Waals surface area contributed by atoms with Crippen molar-refractivity contribution in [2.45, 2.75) is 38.1 Å². The monoisotopic (exact) mass is 315 g/mol. The Morgan fingerprint density at radius 2 is 1.57 bits per heavy atom. The van der Waals surface area contributed by atoms with E-state index < -0.39 is 9.85 Å². The van der Waals surface area contributed by atoms with Crippen molar-refractivity contribution in [3.8, 4) is 0 Å². The minimum atomic E-state index is -0.570. The number of fused-ring (bicyclic) bond motifs is 1. The molecule has 0 radical (unpaired) electrons. The molecule has 0 heterocycles. The van der Waals surface area contributed by atoms with Gasteiger partial charge in [-0.25, -0.2) is 0 Å². The molecule has 0 bridgehead atoms. The van der Waals surface area contributed by atoms with Crippen LogP contribution < -0.4 is 5.32 Å². The van der Waals surface area contributed by atoms with Gasteiger partial charge in [0.05, 0.1) is 9.85 Å². The molecule has 7 nitrogen and oxygen atoms in total. The van der Waals surface area contributed by atoms with Crippen LogP contribution in [-0.2, 0) is 0 Å². The number of non-ortho nitro benzene ring substituents is 2. The first kappa shape index (κ1) is 15.2. The maximum Gasteiger partial charge on any atom is 0.284 e. The zero-order chi connectivity index (χ0) is 16.4. The van der Waals surface area contributed by atoms with Gasteiger partial charge in [-0.05, 0) is 18.9 Å². The lowest BCUT2D eigenvalue weighted by molar-refractivity contribution is -0.390. The summed E-state index contributed by atoms with van der Waals surface area (Å²) in [6, 6.07) is 7.88. The number of nitro groups is 2. The third kappa shape index (κ3) is 2.94. The van der Waals surface area contributed by atoms with Crippen LogP contribution in [0.5, 0.6) is 0 Å². The largest absolute Gasteiger partial charge is 0.382 e. The summed E-state index contributed by atoms with van der Waals surface area (Å²) in [5.74, 6) is 0. The van der Waals surface area contributed by atoms with E-state index in [9.17, 15) is 20.2 Å². The van der Waals surface area contributed by atoms with Gasteiger partial charge >= 0.3 is 0 Å². The molecule has 3 rings (SSSR count). The molecule has 23 heavy (non-hydrogen) atoms. The Morgan fingerprint density at radius 1 is 0.913 bits per heavy atom. The van der Waals surface area contributed by atoms with Crippen LogP contribution in [0.3, 0.4) is 0 Å². The summed E-state index contributed by atoms with van der Waals surface area (Å²) < 4.78 is 0. The van der Waals surface area contributed by atoms with Crippen LogP contribution in [0.2, 0.25) is 0 Å². The summed E-state index contributed by atoms with van der Waals surface area (Å²) in [5, 5.41) is 26.5. The van der Waals surface area contributed by atoms with Crippen molar-refractivity contribution in [3.05, 3.63) is 50.6 Å². The van der Waals surface area contributed by atoms with E-state index in [4.69, 9.17) is 0 Å². The molecule has 0 spiro atoms. The normalized spacial score (nSPS) is 15.5. The van der Waals surface area contributed by atoms with Crippen molar-refractivity contribution in [2.24, 2.45) is 0 Å². The fourth-order valence-corrected chi connectivity index (χ4v) is 3.27. The van der Waals surface area contributed by atoms with E-state index in [2.05, 4.69) is 5.32 Å². The molecule has 0 aliphatic heterocycles. The minimum Gasteiger partial charge on any atom is -0.382 e. The summed E-state index contributed by atoms with van der Waals surface area (Å²) in [5.41, 5.74) is 0.254. The van der Waals surface area contributed by atoms with E-state index in [0.29, 0.717) is 11.4 Å². The van der Waals surface area contributed by atoms with Crippen LogP contribution in [-0.4, -0.2) is 15.9 Å². The fraction of sp³-hybridized carbons (Fsp3) is 0.375. The van der Waals surface area contributed by atoms with Crippen molar-refractivity contribution in [1.29, 1.82) is 0 Å². The van der Waals surface area contributed by atoms with Crippen LogP contribution >= 0.6 is 0 Å². The van der Waals surface area contributed by atoms with Gasteiger partial charge in [-0.3, -0.25) is 20.2 Å². The lowest BCUT2D eigenvalue weighted by Gasteiger charge is -2.24. The number of anilines is 1. The quantitative estimate of drug-likeness (QED) is 0.666. The standard InChI is InChI=1S/C16H17N3O4/c20-18(21)14-8-4-7-12-13(17-11-5-2-1-3-6-11)9-10-15(16(12)14)19(22)23/h4,7-11,17H,1-3,5-6H2. The van der Waals surface area contributed by atoms with Crippen LogP contribution in [0, 0.1) is 20.2 Å². The summed E-state index contributed by atoms with van der Waals surface area (Å²) in [6.45, 7) is 0. The molecule has 2 aromatic carbocycles. The second-order valence-corrected chi connectivity index (χ2v) is 5.83. The molecule has 1 aliphatic rings. The average Bonchev–Trinajstić information content (AvgIpc) is 2.55. The molecule has 0 unspecified atom stereocenters. The lowest BCUT2D eigenvalue weighted by Crippen LogP contribution is -2.22. The van der Waals surface area contributed by atoms with Gasteiger partial charge in [-0.2, -0.15) is 0 Å². The van der Waals surface area contributed by atoms with Crippen molar-refractivity contribution in [2.75, 3.05) is 5.32 Å². The van der Waals surface area contributed by atoms with Gasteiger partial charge in [0.15, 0.2) is 0 Å². The first-order chi connectivity index (χ1) is 11.1. The maximum atomic E-state index is 11.3. The van der Waals surface area contributed by atoms with Crippen LogP contribution in [0.1, 0.15) is 32.1 Å². The Balaban J connectivity index is 2.13. The molecule has 1 saturated carbocycles. The highest BCUT2D eigenvalue weighted by Crippen LogP contribution is 2.38. The zero-order valence-electron chi connectivity index (χ0n) is 12.5. The van der Waals surface area contributed by atoms with Crippen LogP contribution in [0.4, 0.5) is 17.1 Å². The van der Waals surface area contributed by atoms with E-state index in [1.165, 1.54) is 18.6 Å². The summed E-state index contributed by atoms with van der Waals surface area (Å²) in [4.78, 5) is 21.4. The molecule has 0 saturated heterocycles. The van der Waals surface area contributed by atoms with Crippen LogP contribution in [0.25, 0.3) is 10.8 Å². The molecule has 7 heteroatoms. The van der Waals surface area contributed by atoms with Gasteiger partial charge < -0.3 is 5.32 Å². The molecule has 1 fully saturated rings. The van der Waals surface area contributed by atoms with Crippen molar-refractivity contribution >= 4 is 27.8 Å². The third-order valence-electron chi connectivity index (χ3n) is 4.35. The molecule has 0 aromatic heterocycles. The predicted octanol–water partition coefficient (Wildman–Crippen LogP) is 4.40. The number of hydrogen-bond acceptors (Lipinski definition) is 5. The highest BCUT2D eigenvalue weighted by atomic mass is 16.6. The lowest BCUT2D eigenvalue weighted by atomic mass is 9.94. The Morgan fingerprint density at radius 3 is 2.22 bits per heavy atom. The summed E-state index contributed by atoms with van der Waals surface area (Å²) in [6.07, 6.45) is 5.64. The van der Waals surface area contributed by atoms with Crippen LogP contribution in [0.15, 0.2) is 30.3 Å². The first-order valence-electron chi connectivity index (χ1n) is 7.69. The van der Waals surface area contributed by atoms with Gasteiger partial charge in [0, 0.05) is 29.2 Å². The topological polar surface area (TPSA) is 98.3 Å². The highest BCUT2D eigenvalue weighted by molar-refractivity contribution is 6.05. The molecule has 2 aromatic rings. The number of rotatable bonds is 4. The average molecular weight is 315 g/mol. The zero-order valence-corrected chi connectivity index (χ0v) is 12.5. The van der Waals surface area contributed by atoms with Gasteiger partial charge in [0.2, 0.25) is 0 Å². The second kappa shape index (κ2) is 6.20. The van der Waals surface area contributed by atoms with Crippen molar-refractivity contribution < 1.29 is 9.85 Å². The summed E-state index contributed by atoms with van der Waals surface area (Å²) in [7, 11) is 0. The van der Waals surface area contributed by atoms with Gasteiger partial charge in [-0.15, -0.1) is 0 Å². The molecular formula is C16H17N3O4. The van der Waals surface area contributed by atoms with Gasteiger partial charge in [0.1, 0.15) is 5.39 Å². The predicted molar refractivity (Wildman–Crippen MR) is 87.8 cm³/mol. The number of nitrogens with zero attached hydrogens (tertiary/aromatic N) is 2. The van der Waals surface area contributed by atoms with E-state index >= 15 is 0 Å². The Kier molecular flexibility index (Phi) is 4.10. The van der Waals surface area contributed by atoms with Gasteiger partial charge in [0.25, 0.3) is 11.4 Å². The molecule has 0 amide bonds. The smallest absolute Gasteiger partial charge is 0.284 e. The molecular weight excluding hydrogens is 298 g/mol. The van der Waals surface area contributed by atoms with Crippen molar-refractivity contribution in [3.63, 3.8) is 0 Å². The maximum absolute atomic E-state index is 11.3. The molecule has 0 atom stereocenters. The number of nitro benzene ring substituents is 2. The first-order valence-corrected chi connectivity index (χ1v) is 7.69. The summed E-state index contributed by atoms with van der Waals surface area (Å²) >= 11 is 0. The Hall–Kier alpha value is -2.70. The van der Waals surface area contributed by atoms with Crippen molar-refractivity contribution in [1.82, 2.24) is 0 Å². The van der Waals surface area contributed by atoms with Gasteiger partial charge in [-0.1, -0.05) is 31.4 Å². The number of hydrogen-bond donors (Lipinski definition) is 1. The SMILES string of the molecule is O=[N+]([O-])c1cccc2c(NC3CCCCC3)ccc([N+](=O)[O-])c12. The second-order valence-electron chi connectivity index (χ2n) is 5.83. The molecule has 120 valence electrons. The van der Waals surface area contributed by atoms with E-state index in [0.717, 1.165) is 31.4 Å². The Labute approximate surface area is 132 Å². The highest BCUT2D eigenvalue weighted by Gasteiger charge is 2.24. The van der Waals surface area contributed by atoms with E-state index in [-0.39, 0.29) is 16.8 Å². The third-order valence-corrected chi connectivity index (χ3v) is 4.35. The number of nitrogens with one attached hydrogen (secondary N) is 1. The Bertz CT molecular complexity index is 749. The fourth-order valence-electron chi connectivity index (χ4n) is 3.27. The molecule has 1 N–H and O–H groups in total. The number of benzene rings is 2. The van der Waals surface area contributed by atoms with E-state index in [1.807, 2.05) is 0 Å². The minimum absolute atomic E-state index is 0.0864. The molecule has 1 aliphatic carbocycles.